The SMILES string of the molecule is CC(=O)[O-].O=C([O-])C(=O)[O-].[Cr+2].[NH4+]. The van der Waals surface area contributed by atoms with E-state index in [4.69, 9.17) is 29.7 Å². The van der Waals surface area contributed by atoms with Gasteiger partial charge in [-0.25, -0.2) is 0 Å². The smallest absolute Gasteiger partial charge is 0.550 e. The first kappa shape index (κ1) is 22.4. The topological polar surface area (TPSA) is 157 Å². The fourth-order valence-corrected chi connectivity index (χ4v) is 0. The molecule has 8 heteroatoms. The summed E-state index contributed by atoms with van der Waals surface area (Å²) < 4.78 is 0. The number of carboxylic acid groups (broad SMARTS) is 3. The van der Waals surface area contributed by atoms with Crippen LogP contribution in [0.4, 0.5) is 0 Å². The number of carbonyl (C=O) groups is 3. The van der Waals surface area contributed by atoms with Crippen molar-refractivity contribution in [3.63, 3.8) is 0 Å². The van der Waals surface area contributed by atoms with Crippen molar-refractivity contribution in [1.82, 2.24) is 6.15 Å². The van der Waals surface area contributed by atoms with Crippen LogP contribution in [0.2, 0.25) is 0 Å². The largest absolute Gasteiger partial charge is 2.00 e. The number of carboxylic acids is 3. The molecule has 0 aliphatic heterocycles. The molecule has 0 aromatic heterocycles. The second-order valence-electron chi connectivity index (χ2n) is 1.07. The van der Waals surface area contributed by atoms with Crippen LogP contribution in [0.3, 0.4) is 0 Å². The first-order valence-corrected chi connectivity index (χ1v) is 1.97. The summed E-state index contributed by atoms with van der Waals surface area (Å²) in [6.45, 7) is 0.972. The molecule has 0 atom stereocenters. The zero-order chi connectivity index (χ0) is 8.73. The van der Waals surface area contributed by atoms with E-state index in [1.807, 2.05) is 0 Å². The summed E-state index contributed by atoms with van der Waals surface area (Å²) in [6.07, 6.45) is 0. The average molecular weight is 217 g/mol. The van der Waals surface area contributed by atoms with Crippen molar-refractivity contribution < 1.29 is 47.1 Å². The van der Waals surface area contributed by atoms with Gasteiger partial charge in [0.1, 0.15) is 0 Å². The van der Waals surface area contributed by atoms with Crippen LogP contribution < -0.4 is 21.5 Å². The van der Waals surface area contributed by atoms with Crippen molar-refractivity contribution in [2.24, 2.45) is 0 Å². The summed E-state index contributed by atoms with van der Waals surface area (Å²) in [4.78, 5) is 26.7. The molecule has 0 bridgehead atoms. The molecule has 0 aromatic carbocycles. The first-order valence-electron chi connectivity index (χ1n) is 1.97. The number of quaternary nitrogens is 1. The van der Waals surface area contributed by atoms with Crippen molar-refractivity contribution in [2.45, 2.75) is 6.92 Å². The van der Waals surface area contributed by atoms with E-state index in [2.05, 4.69) is 0 Å². The summed E-state index contributed by atoms with van der Waals surface area (Å²) in [5.41, 5.74) is 0. The van der Waals surface area contributed by atoms with Crippen molar-refractivity contribution in [3.8, 4) is 0 Å². The molecule has 0 aliphatic carbocycles. The Kier molecular flexibility index (Phi) is 23.5. The molecule has 0 radical (unpaired) electrons. The van der Waals surface area contributed by atoms with E-state index in [0.29, 0.717) is 0 Å². The molecule has 0 saturated heterocycles. The summed E-state index contributed by atoms with van der Waals surface area (Å²) in [6, 6.07) is 0. The fraction of sp³-hybridized carbons (Fsp3) is 0.250. The molecule has 0 aromatic rings. The van der Waals surface area contributed by atoms with Gasteiger partial charge in [0.05, 0.1) is 11.9 Å². The maximum absolute atomic E-state index is 8.93. The van der Waals surface area contributed by atoms with Crippen LogP contribution in [0.15, 0.2) is 0 Å². The van der Waals surface area contributed by atoms with E-state index < -0.39 is 17.9 Å². The van der Waals surface area contributed by atoms with Crippen LogP contribution in [0, 0.1) is 0 Å². The number of carbonyl (C=O) groups excluding carboxylic acids is 3. The van der Waals surface area contributed by atoms with Gasteiger partial charge in [0.15, 0.2) is 0 Å². The summed E-state index contributed by atoms with van der Waals surface area (Å²) in [5.74, 6) is -5.45. The maximum atomic E-state index is 8.93. The minimum absolute atomic E-state index is 0. The van der Waals surface area contributed by atoms with Gasteiger partial charge in [0.2, 0.25) is 0 Å². The van der Waals surface area contributed by atoms with Crippen LogP contribution in [0.5, 0.6) is 0 Å². The van der Waals surface area contributed by atoms with Crippen molar-refractivity contribution >= 4 is 17.9 Å². The second kappa shape index (κ2) is 12.6. The van der Waals surface area contributed by atoms with Crippen LogP contribution in [-0.2, 0) is 31.7 Å². The van der Waals surface area contributed by atoms with Crippen LogP contribution in [0.25, 0.3) is 0 Å². The van der Waals surface area contributed by atoms with Gasteiger partial charge in [-0.1, -0.05) is 0 Å². The molecular formula is C4H7CrNO6. The van der Waals surface area contributed by atoms with Crippen LogP contribution in [-0.4, -0.2) is 17.9 Å². The molecule has 0 unspecified atom stereocenters. The number of rotatable bonds is 0. The minimum atomic E-state index is -2.19. The van der Waals surface area contributed by atoms with E-state index in [1.54, 1.807) is 0 Å². The zero-order valence-electron chi connectivity index (χ0n) is 6.36. The number of hydrogen-bond donors (Lipinski definition) is 1. The van der Waals surface area contributed by atoms with Gasteiger partial charge < -0.3 is 35.9 Å². The molecule has 12 heavy (non-hydrogen) atoms. The molecule has 7 nitrogen and oxygen atoms in total. The molecule has 0 rings (SSSR count). The standard InChI is InChI=1S/C2H2O4.C2H4O2.Cr.H3N/c3-1(4)2(5)6;1-2(3)4;;/h(H,3,4)(H,5,6);1H3,(H,3,4);;1H3/q;;+2;/p-2. The monoisotopic (exact) mass is 217 g/mol. The van der Waals surface area contributed by atoms with E-state index >= 15 is 0 Å². The molecule has 0 spiro atoms. The Hall–Kier alpha value is -1.10. The third kappa shape index (κ3) is 66.0. The average Bonchev–Trinajstić information content (AvgIpc) is 1.63. The van der Waals surface area contributed by atoms with Crippen molar-refractivity contribution in [1.29, 1.82) is 0 Å². The molecule has 0 saturated carbocycles. The predicted molar refractivity (Wildman–Crippen MR) is 26.7 cm³/mol. The van der Waals surface area contributed by atoms with Gasteiger partial charge >= 0.3 is 17.4 Å². The Morgan fingerprint density at radius 3 is 1.00 bits per heavy atom. The van der Waals surface area contributed by atoms with Gasteiger partial charge in [0.25, 0.3) is 0 Å². The van der Waals surface area contributed by atoms with Crippen molar-refractivity contribution in [3.05, 3.63) is 0 Å². The van der Waals surface area contributed by atoms with Gasteiger partial charge in [-0.05, 0) is 6.92 Å². The maximum Gasteiger partial charge on any atom is 2.00 e. The van der Waals surface area contributed by atoms with Gasteiger partial charge in [0, 0.05) is 5.97 Å². The predicted octanol–water partition coefficient (Wildman–Crippen LogP) is -4.38. The molecule has 70 valence electrons. The van der Waals surface area contributed by atoms with Gasteiger partial charge in [-0.3, -0.25) is 0 Å². The molecule has 0 amide bonds. The Morgan fingerprint density at radius 1 is 0.917 bits per heavy atom. The molecule has 0 fully saturated rings. The first-order chi connectivity index (χ1) is 4.37. The molecule has 4 N–H and O–H groups in total. The minimum Gasteiger partial charge on any atom is -0.550 e. The van der Waals surface area contributed by atoms with Crippen LogP contribution >= 0.6 is 0 Å². The Balaban J connectivity index is -0.0000000483. The summed E-state index contributed by atoms with van der Waals surface area (Å²) in [5, 5.41) is 26.7. The summed E-state index contributed by atoms with van der Waals surface area (Å²) >= 11 is 0. The van der Waals surface area contributed by atoms with E-state index in [9.17, 15) is 0 Å². The summed E-state index contributed by atoms with van der Waals surface area (Å²) in [7, 11) is 0. The van der Waals surface area contributed by atoms with Crippen molar-refractivity contribution in [2.75, 3.05) is 0 Å². The normalized spacial score (nSPS) is 5.75. The number of aliphatic carboxylic acids is 3. The zero-order valence-corrected chi connectivity index (χ0v) is 7.63. The molecule has 0 aliphatic rings. The third-order valence-corrected chi connectivity index (χ3v) is 0.167. The Bertz CT molecular complexity index is 142. The van der Waals surface area contributed by atoms with Crippen LogP contribution in [0.1, 0.15) is 6.92 Å². The van der Waals surface area contributed by atoms with Gasteiger partial charge in [-0.15, -0.1) is 0 Å². The Morgan fingerprint density at radius 2 is 1.00 bits per heavy atom. The molecular weight excluding hydrogens is 210 g/mol. The van der Waals surface area contributed by atoms with Gasteiger partial charge in [-0.2, -0.15) is 0 Å². The number of hydrogen-bond acceptors (Lipinski definition) is 6. The quantitative estimate of drug-likeness (QED) is 0.403. The van der Waals surface area contributed by atoms with E-state index in [-0.39, 0.29) is 23.5 Å². The van der Waals surface area contributed by atoms with E-state index in [1.165, 1.54) is 0 Å². The molecule has 0 heterocycles. The second-order valence-corrected chi connectivity index (χ2v) is 1.07. The third-order valence-electron chi connectivity index (χ3n) is 0.167. The fourth-order valence-electron chi connectivity index (χ4n) is 0. The Labute approximate surface area is 78.7 Å². The van der Waals surface area contributed by atoms with E-state index in [0.717, 1.165) is 6.92 Å².